The molecule has 1 aliphatic carbocycles. The van der Waals surface area contributed by atoms with E-state index in [1.165, 1.54) is 6.42 Å². The molecule has 4 nitrogen and oxygen atoms in total. The van der Waals surface area contributed by atoms with Crippen LogP contribution in [0.15, 0.2) is 6.07 Å². The van der Waals surface area contributed by atoms with Gasteiger partial charge in [-0.2, -0.15) is 0 Å². The van der Waals surface area contributed by atoms with Gasteiger partial charge in [-0.1, -0.05) is 26.7 Å². The van der Waals surface area contributed by atoms with Crippen molar-refractivity contribution in [2.75, 3.05) is 6.61 Å². The second-order valence-electron chi connectivity index (χ2n) is 6.34. The Morgan fingerprint density at radius 1 is 1.32 bits per heavy atom. The molecule has 0 spiro atoms. The van der Waals surface area contributed by atoms with Crippen molar-refractivity contribution in [1.82, 2.24) is 5.32 Å². The summed E-state index contributed by atoms with van der Waals surface area (Å²) >= 11 is 1.56. The first-order chi connectivity index (χ1) is 10.4. The Morgan fingerprint density at radius 3 is 2.68 bits per heavy atom. The predicted molar refractivity (Wildman–Crippen MR) is 88.2 cm³/mol. The standard InChI is InChI=1S/C17H25NO3S/c1-10-6-5-7-15(12(10)3)18-16(19)9-21-17(20)14-8-11(2)22-13(14)4/h8,10,12,15H,5-7,9H2,1-4H3,(H,18,19)/t10-,12-,15+/m0/s1. The maximum absolute atomic E-state index is 12.0. The molecule has 0 aliphatic heterocycles. The van der Waals surface area contributed by atoms with Crippen LogP contribution in [0.2, 0.25) is 0 Å². The number of rotatable bonds is 4. The van der Waals surface area contributed by atoms with E-state index in [2.05, 4.69) is 19.2 Å². The van der Waals surface area contributed by atoms with Crippen molar-refractivity contribution in [3.63, 3.8) is 0 Å². The molecule has 1 aliphatic rings. The summed E-state index contributed by atoms with van der Waals surface area (Å²) in [5.41, 5.74) is 0.565. The molecule has 1 heterocycles. The topological polar surface area (TPSA) is 55.4 Å². The SMILES string of the molecule is Cc1cc(C(=O)OCC(=O)N[C@@H]2CCC[C@H](C)[C@@H]2C)c(C)s1. The van der Waals surface area contributed by atoms with Gasteiger partial charge in [-0.3, -0.25) is 4.79 Å². The number of carbonyl (C=O) groups is 2. The highest BCUT2D eigenvalue weighted by Gasteiger charge is 2.28. The monoisotopic (exact) mass is 323 g/mol. The summed E-state index contributed by atoms with van der Waals surface area (Å²) in [6.07, 6.45) is 3.37. The zero-order valence-corrected chi connectivity index (χ0v) is 14.6. The summed E-state index contributed by atoms with van der Waals surface area (Å²) in [6.45, 7) is 8.04. The quantitative estimate of drug-likeness (QED) is 0.863. The fourth-order valence-corrected chi connectivity index (χ4v) is 3.99. The maximum Gasteiger partial charge on any atom is 0.339 e. The minimum absolute atomic E-state index is 0.195. The number of amides is 1. The number of thiophene rings is 1. The predicted octanol–water partition coefficient (Wildman–Crippen LogP) is 3.46. The van der Waals surface area contributed by atoms with E-state index in [9.17, 15) is 9.59 Å². The van der Waals surface area contributed by atoms with Gasteiger partial charge in [-0.15, -0.1) is 11.3 Å². The van der Waals surface area contributed by atoms with E-state index in [4.69, 9.17) is 4.74 Å². The van der Waals surface area contributed by atoms with E-state index < -0.39 is 5.97 Å². The number of esters is 1. The zero-order valence-electron chi connectivity index (χ0n) is 13.8. The highest BCUT2D eigenvalue weighted by molar-refractivity contribution is 7.12. The number of nitrogens with one attached hydrogen (secondary N) is 1. The average molecular weight is 323 g/mol. The molecule has 3 atom stereocenters. The van der Waals surface area contributed by atoms with Crippen LogP contribution in [0, 0.1) is 25.7 Å². The molecule has 1 amide bonds. The molecule has 0 unspecified atom stereocenters. The number of carbonyl (C=O) groups excluding carboxylic acids is 2. The van der Waals surface area contributed by atoms with Gasteiger partial charge in [0, 0.05) is 15.8 Å². The van der Waals surface area contributed by atoms with Crippen molar-refractivity contribution in [3.8, 4) is 0 Å². The first-order valence-corrected chi connectivity index (χ1v) is 8.73. The molecule has 1 aromatic heterocycles. The van der Waals surface area contributed by atoms with Crippen molar-refractivity contribution in [3.05, 3.63) is 21.4 Å². The van der Waals surface area contributed by atoms with Crippen molar-refractivity contribution >= 4 is 23.2 Å². The van der Waals surface area contributed by atoms with Gasteiger partial charge in [0.25, 0.3) is 5.91 Å². The molecule has 0 saturated heterocycles. The smallest absolute Gasteiger partial charge is 0.339 e. The summed E-state index contributed by atoms with van der Waals surface area (Å²) in [5.74, 6) is 0.471. The lowest BCUT2D eigenvalue weighted by molar-refractivity contribution is -0.125. The summed E-state index contributed by atoms with van der Waals surface area (Å²) in [7, 11) is 0. The molecule has 1 aromatic rings. The third-order valence-electron chi connectivity index (χ3n) is 4.65. The molecule has 1 N–H and O–H groups in total. The molecular formula is C17H25NO3S. The lowest BCUT2D eigenvalue weighted by Gasteiger charge is -2.34. The van der Waals surface area contributed by atoms with E-state index in [0.717, 1.165) is 22.6 Å². The van der Waals surface area contributed by atoms with Crippen LogP contribution in [0.4, 0.5) is 0 Å². The van der Waals surface area contributed by atoms with Gasteiger partial charge in [0.2, 0.25) is 0 Å². The van der Waals surface area contributed by atoms with Gasteiger partial charge >= 0.3 is 5.97 Å². The Balaban J connectivity index is 1.82. The second kappa shape index (κ2) is 7.27. The first-order valence-electron chi connectivity index (χ1n) is 7.92. The van der Waals surface area contributed by atoms with Crippen LogP contribution in [0.1, 0.15) is 53.2 Å². The zero-order chi connectivity index (χ0) is 16.3. The molecule has 122 valence electrons. The summed E-state index contributed by atoms with van der Waals surface area (Å²) in [4.78, 5) is 26.0. The van der Waals surface area contributed by atoms with E-state index in [1.807, 2.05) is 19.9 Å². The van der Waals surface area contributed by atoms with Crippen LogP contribution in [0.25, 0.3) is 0 Å². The average Bonchev–Trinajstić information content (AvgIpc) is 2.80. The fourth-order valence-electron chi connectivity index (χ4n) is 3.08. The van der Waals surface area contributed by atoms with Crippen LogP contribution in [0.3, 0.4) is 0 Å². The van der Waals surface area contributed by atoms with E-state index in [0.29, 0.717) is 17.4 Å². The molecule has 1 fully saturated rings. The number of hydrogen-bond donors (Lipinski definition) is 1. The number of ether oxygens (including phenoxy) is 1. The van der Waals surface area contributed by atoms with Crippen molar-refractivity contribution in [1.29, 1.82) is 0 Å². The summed E-state index contributed by atoms with van der Waals surface area (Å²) in [5, 5.41) is 3.01. The summed E-state index contributed by atoms with van der Waals surface area (Å²) < 4.78 is 5.14. The van der Waals surface area contributed by atoms with Crippen LogP contribution < -0.4 is 5.32 Å². The fraction of sp³-hybridized carbons (Fsp3) is 0.647. The molecule has 0 aromatic carbocycles. The number of aryl methyl sites for hydroxylation is 2. The minimum Gasteiger partial charge on any atom is -0.452 e. The van der Waals surface area contributed by atoms with Crippen molar-refractivity contribution in [2.45, 2.75) is 53.0 Å². The maximum atomic E-state index is 12.0. The molecule has 0 radical (unpaired) electrons. The molecular weight excluding hydrogens is 298 g/mol. The molecule has 0 bridgehead atoms. The van der Waals surface area contributed by atoms with E-state index in [-0.39, 0.29) is 18.6 Å². The third kappa shape index (κ3) is 4.09. The van der Waals surface area contributed by atoms with Gasteiger partial charge < -0.3 is 10.1 Å². The molecule has 22 heavy (non-hydrogen) atoms. The normalized spacial score (nSPS) is 24.8. The minimum atomic E-state index is -0.415. The van der Waals surface area contributed by atoms with Crippen LogP contribution in [-0.2, 0) is 9.53 Å². The largest absolute Gasteiger partial charge is 0.452 e. The molecule has 2 rings (SSSR count). The Kier molecular flexibility index (Phi) is 5.62. The van der Waals surface area contributed by atoms with Crippen LogP contribution in [-0.4, -0.2) is 24.5 Å². The Morgan fingerprint density at radius 2 is 2.05 bits per heavy atom. The van der Waals surface area contributed by atoms with Crippen molar-refractivity contribution < 1.29 is 14.3 Å². The van der Waals surface area contributed by atoms with Gasteiger partial charge in [-0.25, -0.2) is 4.79 Å². The first kappa shape index (κ1) is 17.0. The second-order valence-corrected chi connectivity index (χ2v) is 7.80. The summed E-state index contributed by atoms with van der Waals surface area (Å²) in [6, 6.07) is 2.01. The van der Waals surface area contributed by atoms with Gasteiger partial charge in [0.05, 0.1) is 5.56 Å². The highest BCUT2D eigenvalue weighted by Crippen LogP contribution is 2.29. The van der Waals surface area contributed by atoms with Crippen LogP contribution >= 0.6 is 11.3 Å². The van der Waals surface area contributed by atoms with E-state index in [1.54, 1.807) is 11.3 Å². The molecule has 5 heteroatoms. The third-order valence-corrected chi connectivity index (χ3v) is 5.61. The van der Waals surface area contributed by atoms with E-state index >= 15 is 0 Å². The Labute approximate surface area is 136 Å². The Bertz CT molecular complexity index is 552. The van der Waals surface area contributed by atoms with Crippen molar-refractivity contribution in [2.24, 2.45) is 11.8 Å². The Hall–Kier alpha value is -1.36. The van der Waals surface area contributed by atoms with Gasteiger partial charge in [0.15, 0.2) is 6.61 Å². The van der Waals surface area contributed by atoms with Gasteiger partial charge in [0.1, 0.15) is 0 Å². The lowest BCUT2D eigenvalue weighted by atomic mass is 9.78. The van der Waals surface area contributed by atoms with Crippen LogP contribution in [0.5, 0.6) is 0 Å². The lowest BCUT2D eigenvalue weighted by Crippen LogP contribution is -2.45. The highest BCUT2D eigenvalue weighted by atomic mass is 32.1. The van der Waals surface area contributed by atoms with Gasteiger partial charge in [-0.05, 0) is 38.2 Å². The number of hydrogen-bond acceptors (Lipinski definition) is 4. The molecule has 1 saturated carbocycles.